The van der Waals surface area contributed by atoms with Gasteiger partial charge in [0, 0.05) is 23.6 Å². The highest BCUT2D eigenvalue weighted by Gasteiger charge is 2.41. The molecule has 3 heterocycles. The van der Waals surface area contributed by atoms with Crippen LogP contribution in [0.1, 0.15) is 24.1 Å². The Labute approximate surface area is 219 Å². The van der Waals surface area contributed by atoms with Gasteiger partial charge < -0.3 is 15.5 Å². The summed E-state index contributed by atoms with van der Waals surface area (Å²) in [5.74, 6) is -1.27. The molecule has 2 aromatic heterocycles. The third-order valence-electron chi connectivity index (χ3n) is 6.27. The first-order chi connectivity index (χ1) is 18.4. The van der Waals surface area contributed by atoms with Crippen molar-refractivity contribution in [2.24, 2.45) is 0 Å². The summed E-state index contributed by atoms with van der Waals surface area (Å²) in [7, 11) is -4.20. The predicted octanol–water partition coefficient (Wildman–Crippen LogP) is 4.10. The van der Waals surface area contributed by atoms with E-state index in [1.54, 1.807) is 0 Å². The van der Waals surface area contributed by atoms with Crippen LogP contribution in [0.5, 0.6) is 0 Å². The lowest BCUT2D eigenvalue weighted by Gasteiger charge is -2.22. The molecular formula is C25H21F4N5O4S. The van der Waals surface area contributed by atoms with E-state index in [0.717, 1.165) is 28.6 Å². The number of benzene rings is 2. The van der Waals surface area contributed by atoms with Crippen LogP contribution in [0.25, 0.3) is 22.2 Å². The highest BCUT2D eigenvalue weighted by Crippen LogP contribution is 2.32. The zero-order valence-corrected chi connectivity index (χ0v) is 20.9. The third-order valence-corrected chi connectivity index (χ3v) is 8.04. The van der Waals surface area contributed by atoms with E-state index >= 15 is 0 Å². The van der Waals surface area contributed by atoms with E-state index in [4.69, 9.17) is 10.2 Å². The summed E-state index contributed by atoms with van der Waals surface area (Å²) in [5, 5.41) is 2.52. The SMILES string of the molecule is Nc1nc(CNC(=O)[C@@H]2CCCN2S(=O)(=O)c2cc3cc(F)ccc3o2)cc(-c2ccc(C(F)(F)F)cc2)n1. The molecule has 1 aliphatic rings. The number of sulfonamides is 1. The summed E-state index contributed by atoms with van der Waals surface area (Å²) < 4.78 is 85.1. The topological polar surface area (TPSA) is 131 Å². The van der Waals surface area contributed by atoms with Crippen LogP contribution in [0, 0.1) is 5.82 Å². The number of aromatic nitrogens is 2. The number of rotatable bonds is 6. The van der Waals surface area contributed by atoms with Crippen molar-refractivity contribution in [3.8, 4) is 11.3 Å². The van der Waals surface area contributed by atoms with Crippen LogP contribution in [-0.2, 0) is 27.5 Å². The number of halogens is 4. The van der Waals surface area contributed by atoms with E-state index in [1.165, 1.54) is 30.3 Å². The Morgan fingerprint density at radius 1 is 1.10 bits per heavy atom. The first-order valence-corrected chi connectivity index (χ1v) is 13.2. The van der Waals surface area contributed by atoms with Gasteiger partial charge in [-0.15, -0.1) is 0 Å². The number of anilines is 1. The van der Waals surface area contributed by atoms with Crippen molar-refractivity contribution >= 4 is 32.8 Å². The van der Waals surface area contributed by atoms with Crippen LogP contribution < -0.4 is 11.1 Å². The average Bonchev–Trinajstić information content (AvgIpc) is 3.55. The van der Waals surface area contributed by atoms with Gasteiger partial charge in [-0.3, -0.25) is 4.79 Å². The second-order valence-corrected chi connectivity index (χ2v) is 10.7. The zero-order chi connectivity index (χ0) is 27.9. The van der Waals surface area contributed by atoms with Crippen molar-refractivity contribution in [1.29, 1.82) is 0 Å². The van der Waals surface area contributed by atoms with E-state index in [2.05, 4.69) is 15.3 Å². The number of hydrogen-bond donors (Lipinski definition) is 2. The van der Waals surface area contributed by atoms with Crippen molar-refractivity contribution in [3.05, 3.63) is 71.7 Å². The molecule has 39 heavy (non-hydrogen) atoms. The minimum Gasteiger partial charge on any atom is -0.443 e. The van der Waals surface area contributed by atoms with E-state index in [0.29, 0.717) is 12.0 Å². The lowest BCUT2D eigenvalue weighted by atomic mass is 10.1. The molecule has 0 spiro atoms. The molecule has 3 N–H and O–H groups in total. The molecule has 1 fully saturated rings. The molecule has 1 atom stereocenters. The Bertz CT molecular complexity index is 1660. The van der Waals surface area contributed by atoms with E-state index in [1.807, 2.05) is 0 Å². The molecule has 2 aromatic carbocycles. The van der Waals surface area contributed by atoms with Gasteiger partial charge in [0.15, 0.2) is 0 Å². The highest BCUT2D eigenvalue weighted by atomic mass is 32.2. The van der Waals surface area contributed by atoms with Crippen molar-refractivity contribution in [2.45, 2.75) is 36.7 Å². The van der Waals surface area contributed by atoms with Gasteiger partial charge in [0.05, 0.1) is 23.5 Å². The molecule has 1 amide bonds. The number of amides is 1. The van der Waals surface area contributed by atoms with Gasteiger partial charge in [0.2, 0.25) is 16.9 Å². The Kier molecular flexibility index (Phi) is 6.76. The molecule has 204 valence electrons. The molecule has 14 heteroatoms. The van der Waals surface area contributed by atoms with Crippen LogP contribution in [0.3, 0.4) is 0 Å². The van der Waals surface area contributed by atoms with E-state index in [-0.39, 0.29) is 47.8 Å². The largest absolute Gasteiger partial charge is 0.443 e. The van der Waals surface area contributed by atoms with Crippen LogP contribution in [0.15, 0.2) is 64.1 Å². The van der Waals surface area contributed by atoms with Crippen LogP contribution in [0.4, 0.5) is 23.5 Å². The third kappa shape index (κ3) is 5.43. The quantitative estimate of drug-likeness (QED) is 0.338. The molecule has 9 nitrogen and oxygen atoms in total. The number of nitrogens with one attached hydrogen (secondary N) is 1. The van der Waals surface area contributed by atoms with Crippen molar-refractivity contribution < 1.29 is 35.2 Å². The maximum atomic E-state index is 13.5. The Hall–Kier alpha value is -4.04. The molecule has 0 radical (unpaired) electrons. The highest BCUT2D eigenvalue weighted by molar-refractivity contribution is 7.89. The van der Waals surface area contributed by atoms with Gasteiger partial charge in [0.1, 0.15) is 17.4 Å². The number of fused-ring (bicyclic) bond motifs is 1. The Balaban J connectivity index is 1.31. The lowest BCUT2D eigenvalue weighted by Crippen LogP contribution is -2.45. The molecule has 0 unspecified atom stereocenters. The fourth-order valence-electron chi connectivity index (χ4n) is 4.40. The van der Waals surface area contributed by atoms with Gasteiger partial charge in [-0.05, 0) is 49.2 Å². The number of furan rings is 1. The molecule has 0 aliphatic carbocycles. The van der Waals surface area contributed by atoms with Gasteiger partial charge in [-0.1, -0.05) is 12.1 Å². The lowest BCUT2D eigenvalue weighted by molar-refractivity contribution is -0.137. The standard InChI is InChI=1S/C25H21F4N5O4S/c26-17-7-8-21-15(10-17)11-22(38-21)39(36,37)34-9-1-2-20(34)23(35)31-13-18-12-19(33-24(30)32-18)14-3-5-16(6-4-14)25(27,28)29/h3-8,10-12,20H,1-2,9,13H2,(H,31,35)(H2,30,32,33)/t20-/m0/s1. The second-order valence-electron chi connectivity index (χ2n) is 8.92. The molecule has 4 aromatic rings. The van der Waals surface area contributed by atoms with Crippen molar-refractivity contribution in [3.63, 3.8) is 0 Å². The molecule has 0 saturated carbocycles. The predicted molar refractivity (Wildman–Crippen MR) is 132 cm³/mol. The number of nitrogen functional groups attached to an aromatic ring is 1. The van der Waals surface area contributed by atoms with E-state index in [9.17, 15) is 30.8 Å². The van der Waals surface area contributed by atoms with E-state index < -0.39 is 44.6 Å². The van der Waals surface area contributed by atoms with Crippen molar-refractivity contribution in [2.75, 3.05) is 12.3 Å². The van der Waals surface area contributed by atoms with Crippen LogP contribution >= 0.6 is 0 Å². The second kappa shape index (κ2) is 9.93. The summed E-state index contributed by atoms with van der Waals surface area (Å²) in [6.07, 6.45) is -3.78. The number of nitrogens with two attached hydrogens (primary N) is 1. The first-order valence-electron chi connectivity index (χ1n) is 11.7. The average molecular weight is 564 g/mol. The Morgan fingerprint density at radius 3 is 2.56 bits per heavy atom. The minimum absolute atomic E-state index is 0.0876. The first kappa shape index (κ1) is 26.6. The maximum Gasteiger partial charge on any atom is 0.416 e. The summed E-state index contributed by atoms with van der Waals surface area (Å²) in [5.41, 5.74) is 6.05. The summed E-state index contributed by atoms with van der Waals surface area (Å²) in [6, 6.07) is 9.63. The normalized spacial score (nSPS) is 16.6. The molecule has 1 saturated heterocycles. The van der Waals surface area contributed by atoms with Crippen LogP contribution in [0.2, 0.25) is 0 Å². The van der Waals surface area contributed by atoms with Gasteiger partial charge in [-0.25, -0.2) is 22.8 Å². The molecule has 1 aliphatic heterocycles. The number of alkyl halides is 3. The van der Waals surface area contributed by atoms with Gasteiger partial charge in [0.25, 0.3) is 10.0 Å². The smallest absolute Gasteiger partial charge is 0.416 e. The van der Waals surface area contributed by atoms with Gasteiger partial charge >= 0.3 is 6.18 Å². The monoisotopic (exact) mass is 563 g/mol. The number of nitrogens with zero attached hydrogens (tertiary/aromatic N) is 3. The zero-order valence-electron chi connectivity index (χ0n) is 20.1. The fraction of sp³-hybridized carbons (Fsp3) is 0.240. The van der Waals surface area contributed by atoms with Crippen LogP contribution in [-0.4, -0.2) is 41.2 Å². The fourth-order valence-corrected chi connectivity index (χ4v) is 6.01. The van der Waals surface area contributed by atoms with Crippen molar-refractivity contribution in [1.82, 2.24) is 19.6 Å². The minimum atomic E-state index is -4.48. The number of hydrogen-bond acceptors (Lipinski definition) is 7. The summed E-state index contributed by atoms with van der Waals surface area (Å²) in [6.45, 7) is -0.0438. The summed E-state index contributed by atoms with van der Waals surface area (Å²) in [4.78, 5) is 21.1. The van der Waals surface area contributed by atoms with Gasteiger partial charge in [-0.2, -0.15) is 17.5 Å². The summed E-state index contributed by atoms with van der Waals surface area (Å²) >= 11 is 0. The number of carbonyl (C=O) groups excluding carboxylic acids is 1. The molecule has 5 rings (SSSR count). The Morgan fingerprint density at radius 2 is 1.85 bits per heavy atom. The maximum absolute atomic E-state index is 13.5. The number of carbonyl (C=O) groups is 1. The molecular weight excluding hydrogens is 542 g/mol. The molecule has 0 bridgehead atoms.